The van der Waals surface area contributed by atoms with Gasteiger partial charge < -0.3 is 5.32 Å². The summed E-state index contributed by atoms with van der Waals surface area (Å²) in [6, 6.07) is 0. The van der Waals surface area contributed by atoms with Gasteiger partial charge in [-0.15, -0.1) is 0 Å². The van der Waals surface area contributed by atoms with Crippen molar-refractivity contribution in [2.75, 3.05) is 6.54 Å². The average molecular weight is 207 g/mol. The van der Waals surface area contributed by atoms with E-state index in [1.165, 1.54) is 0 Å². The molecule has 1 N–H and O–H groups in total. The Morgan fingerprint density at radius 2 is 1.87 bits per heavy atom. The third kappa shape index (κ3) is 6.10. The Labute approximate surface area is 92.4 Å². The van der Waals surface area contributed by atoms with Crippen LogP contribution in [0.3, 0.4) is 0 Å². The van der Waals surface area contributed by atoms with Gasteiger partial charge in [0.1, 0.15) is 0 Å². The van der Waals surface area contributed by atoms with E-state index in [1.54, 1.807) is 0 Å². The number of allylic oxidation sites excluding steroid dienone is 3. The van der Waals surface area contributed by atoms with Crippen molar-refractivity contribution in [2.45, 2.75) is 39.0 Å². The van der Waals surface area contributed by atoms with Crippen molar-refractivity contribution in [2.24, 2.45) is 5.92 Å². The zero-order chi connectivity index (χ0) is 10.9. The molecule has 1 rings (SSSR count). The first-order valence-corrected chi connectivity index (χ1v) is 5.92. The van der Waals surface area contributed by atoms with Gasteiger partial charge in [0.25, 0.3) is 0 Å². The maximum absolute atomic E-state index is 11.2. The molecule has 0 atom stereocenters. The summed E-state index contributed by atoms with van der Waals surface area (Å²) in [6.45, 7) is 2.83. The standard InChI is InChI=1S/C13H21NO/c1-2-3-4-5-6-7-8-11-14-13(15)12-9-10-12/h3-4,7-8,12H,2,5-6,9-11H2,1H3,(H,14,15). The van der Waals surface area contributed by atoms with Crippen molar-refractivity contribution in [3.63, 3.8) is 0 Å². The lowest BCUT2D eigenvalue weighted by Gasteiger charge is -1.98. The summed E-state index contributed by atoms with van der Waals surface area (Å²) in [7, 11) is 0. The van der Waals surface area contributed by atoms with E-state index in [2.05, 4.69) is 30.5 Å². The highest BCUT2D eigenvalue weighted by molar-refractivity contribution is 5.80. The van der Waals surface area contributed by atoms with Gasteiger partial charge >= 0.3 is 0 Å². The third-order valence-electron chi connectivity index (χ3n) is 2.41. The summed E-state index contributed by atoms with van der Waals surface area (Å²) in [5.41, 5.74) is 0. The first-order chi connectivity index (χ1) is 7.34. The number of hydrogen-bond acceptors (Lipinski definition) is 1. The molecule has 15 heavy (non-hydrogen) atoms. The van der Waals surface area contributed by atoms with Crippen LogP contribution in [0, 0.1) is 5.92 Å². The molecule has 1 aliphatic carbocycles. The molecule has 0 aromatic carbocycles. The molecule has 0 saturated heterocycles. The Morgan fingerprint density at radius 1 is 1.20 bits per heavy atom. The Bertz CT molecular complexity index is 239. The molecule has 2 nitrogen and oxygen atoms in total. The van der Waals surface area contributed by atoms with Crippen LogP contribution >= 0.6 is 0 Å². The molecule has 0 aromatic rings. The number of unbranched alkanes of at least 4 members (excludes halogenated alkanes) is 1. The molecule has 1 fully saturated rings. The number of amides is 1. The van der Waals surface area contributed by atoms with E-state index >= 15 is 0 Å². The zero-order valence-electron chi connectivity index (χ0n) is 9.54. The normalized spacial score (nSPS) is 16.3. The van der Waals surface area contributed by atoms with Gasteiger partial charge in [0.15, 0.2) is 0 Å². The van der Waals surface area contributed by atoms with Gasteiger partial charge in [-0.05, 0) is 32.1 Å². The monoisotopic (exact) mass is 207 g/mol. The van der Waals surface area contributed by atoms with E-state index in [9.17, 15) is 4.79 Å². The van der Waals surface area contributed by atoms with E-state index in [0.717, 1.165) is 32.1 Å². The Balaban J connectivity index is 1.92. The second kappa shape index (κ2) is 7.27. The lowest BCUT2D eigenvalue weighted by atomic mass is 10.2. The number of carbonyl (C=O) groups excluding carboxylic acids is 1. The molecule has 2 heteroatoms. The molecule has 1 saturated carbocycles. The number of nitrogens with one attached hydrogen (secondary N) is 1. The molecule has 84 valence electrons. The fourth-order valence-corrected chi connectivity index (χ4v) is 1.33. The van der Waals surface area contributed by atoms with Crippen LogP contribution in [0.4, 0.5) is 0 Å². The fraction of sp³-hybridized carbons (Fsp3) is 0.615. The predicted octanol–water partition coefficient (Wildman–Crippen LogP) is 2.82. The van der Waals surface area contributed by atoms with Gasteiger partial charge in [0, 0.05) is 12.5 Å². The van der Waals surface area contributed by atoms with E-state index in [0.29, 0.717) is 12.5 Å². The minimum absolute atomic E-state index is 0.227. The van der Waals surface area contributed by atoms with Crippen molar-refractivity contribution in [1.29, 1.82) is 0 Å². The van der Waals surface area contributed by atoms with E-state index < -0.39 is 0 Å². The second-order valence-corrected chi connectivity index (χ2v) is 3.95. The molecule has 0 aromatic heterocycles. The van der Waals surface area contributed by atoms with Crippen LogP contribution in [0.1, 0.15) is 39.0 Å². The molecule has 0 unspecified atom stereocenters. The zero-order valence-corrected chi connectivity index (χ0v) is 9.54. The third-order valence-corrected chi connectivity index (χ3v) is 2.41. The maximum Gasteiger partial charge on any atom is 0.223 e. The average Bonchev–Trinajstić information content (AvgIpc) is 3.05. The van der Waals surface area contributed by atoms with Crippen LogP contribution in [-0.2, 0) is 4.79 Å². The van der Waals surface area contributed by atoms with Crippen LogP contribution in [0.5, 0.6) is 0 Å². The lowest BCUT2D eigenvalue weighted by Crippen LogP contribution is -2.24. The van der Waals surface area contributed by atoms with Gasteiger partial charge in [-0.2, -0.15) is 0 Å². The summed E-state index contributed by atoms with van der Waals surface area (Å²) in [5.74, 6) is 0.552. The van der Waals surface area contributed by atoms with Gasteiger partial charge in [0.05, 0.1) is 0 Å². The van der Waals surface area contributed by atoms with E-state index in [-0.39, 0.29) is 5.91 Å². The molecule has 0 radical (unpaired) electrons. The van der Waals surface area contributed by atoms with Crippen LogP contribution in [0.25, 0.3) is 0 Å². The highest BCUT2D eigenvalue weighted by Gasteiger charge is 2.28. The second-order valence-electron chi connectivity index (χ2n) is 3.95. The van der Waals surface area contributed by atoms with Gasteiger partial charge in [-0.3, -0.25) is 4.79 Å². The Kier molecular flexibility index (Phi) is 5.83. The summed E-state index contributed by atoms with van der Waals surface area (Å²) in [6.07, 6.45) is 14.0. The fourth-order valence-electron chi connectivity index (χ4n) is 1.33. The summed E-state index contributed by atoms with van der Waals surface area (Å²) >= 11 is 0. The quantitative estimate of drug-likeness (QED) is 0.505. The molecular formula is C13H21NO. The van der Waals surface area contributed by atoms with Crippen molar-refractivity contribution < 1.29 is 4.79 Å². The highest BCUT2D eigenvalue weighted by atomic mass is 16.2. The van der Waals surface area contributed by atoms with Crippen LogP contribution in [-0.4, -0.2) is 12.5 Å². The Hall–Kier alpha value is -1.05. The SMILES string of the molecule is CCC=CCCC=CCNC(=O)C1CC1. The van der Waals surface area contributed by atoms with Crippen molar-refractivity contribution in [3.8, 4) is 0 Å². The topological polar surface area (TPSA) is 29.1 Å². The molecular weight excluding hydrogens is 186 g/mol. The Morgan fingerprint density at radius 3 is 2.47 bits per heavy atom. The molecule has 0 bridgehead atoms. The molecule has 0 heterocycles. The smallest absolute Gasteiger partial charge is 0.223 e. The summed E-state index contributed by atoms with van der Waals surface area (Å²) in [5, 5.41) is 2.90. The van der Waals surface area contributed by atoms with Crippen molar-refractivity contribution >= 4 is 5.91 Å². The highest BCUT2D eigenvalue weighted by Crippen LogP contribution is 2.28. The van der Waals surface area contributed by atoms with Crippen LogP contribution in [0.15, 0.2) is 24.3 Å². The van der Waals surface area contributed by atoms with Crippen LogP contribution < -0.4 is 5.32 Å². The number of rotatable bonds is 7. The van der Waals surface area contributed by atoms with Gasteiger partial charge in [-0.25, -0.2) is 0 Å². The van der Waals surface area contributed by atoms with E-state index in [1.807, 2.05) is 6.08 Å². The minimum atomic E-state index is 0.227. The van der Waals surface area contributed by atoms with Crippen LogP contribution in [0.2, 0.25) is 0 Å². The largest absolute Gasteiger partial charge is 0.352 e. The molecule has 1 amide bonds. The maximum atomic E-state index is 11.2. The number of hydrogen-bond donors (Lipinski definition) is 1. The van der Waals surface area contributed by atoms with Crippen molar-refractivity contribution in [3.05, 3.63) is 24.3 Å². The first-order valence-electron chi connectivity index (χ1n) is 5.92. The lowest BCUT2D eigenvalue weighted by molar-refractivity contribution is -0.122. The van der Waals surface area contributed by atoms with Gasteiger partial charge in [0.2, 0.25) is 5.91 Å². The minimum Gasteiger partial charge on any atom is -0.352 e. The molecule has 0 aliphatic heterocycles. The first kappa shape index (κ1) is 12.0. The summed E-state index contributed by atoms with van der Waals surface area (Å²) in [4.78, 5) is 11.2. The number of carbonyl (C=O) groups is 1. The molecule has 0 spiro atoms. The molecule has 1 aliphatic rings. The van der Waals surface area contributed by atoms with Crippen molar-refractivity contribution in [1.82, 2.24) is 5.32 Å². The van der Waals surface area contributed by atoms with Gasteiger partial charge in [-0.1, -0.05) is 31.2 Å². The predicted molar refractivity (Wildman–Crippen MR) is 63.5 cm³/mol. The summed E-state index contributed by atoms with van der Waals surface area (Å²) < 4.78 is 0. The van der Waals surface area contributed by atoms with E-state index in [4.69, 9.17) is 0 Å².